The van der Waals surface area contributed by atoms with Crippen molar-refractivity contribution in [3.63, 3.8) is 0 Å². The normalized spacial score (nSPS) is 12.9. The molecular formula is C13H15BrClN3S. The number of aromatic nitrogens is 1. The van der Waals surface area contributed by atoms with Crippen molar-refractivity contribution >= 4 is 38.9 Å². The first-order valence-electron chi connectivity index (χ1n) is 5.84. The lowest BCUT2D eigenvalue weighted by Gasteiger charge is -2.27. The van der Waals surface area contributed by atoms with Crippen LogP contribution < -0.4 is 5.73 Å². The van der Waals surface area contributed by atoms with Crippen molar-refractivity contribution in [2.45, 2.75) is 12.6 Å². The lowest BCUT2D eigenvalue weighted by atomic mass is 10.1. The Kier molecular flexibility index (Phi) is 5.36. The summed E-state index contributed by atoms with van der Waals surface area (Å²) >= 11 is 11.1. The van der Waals surface area contributed by atoms with Gasteiger partial charge in [0.1, 0.15) is 0 Å². The van der Waals surface area contributed by atoms with Gasteiger partial charge in [-0.1, -0.05) is 17.7 Å². The van der Waals surface area contributed by atoms with Gasteiger partial charge in [0.15, 0.2) is 0 Å². The van der Waals surface area contributed by atoms with E-state index in [1.165, 1.54) is 0 Å². The van der Waals surface area contributed by atoms with Gasteiger partial charge in [0.25, 0.3) is 0 Å². The highest BCUT2D eigenvalue weighted by atomic mass is 79.9. The second-order valence-electron chi connectivity index (χ2n) is 4.32. The van der Waals surface area contributed by atoms with Gasteiger partial charge in [0.2, 0.25) is 0 Å². The molecule has 19 heavy (non-hydrogen) atoms. The molecule has 1 unspecified atom stereocenters. The average Bonchev–Trinajstić information content (AvgIpc) is 2.87. The van der Waals surface area contributed by atoms with Gasteiger partial charge in [-0.15, -0.1) is 11.3 Å². The summed E-state index contributed by atoms with van der Waals surface area (Å²) in [6.07, 6.45) is 0. The highest BCUT2D eigenvalue weighted by Crippen LogP contribution is 2.28. The molecule has 0 amide bonds. The molecule has 0 saturated heterocycles. The first-order valence-corrected chi connectivity index (χ1v) is 7.95. The van der Waals surface area contributed by atoms with Gasteiger partial charge >= 0.3 is 0 Å². The zero-order chi connectivity index (χ0) is 13.8. The van der Waals surface area contributed by atoms with Gasteiger partial charge in [0, 0.05) is 29.0 Å². The summed E-state index contributed by atoms with van der Waals surface area (Å²) in [4.78, 5) is 6.50. The molecule has 1 atom stereocenters. The van der Waals surface area contributed by atoms with E-state index < -0.39 is 0 Å². The number of hydrogen-bond donors (Lipinski definition) is 1. The summed E-state index contributed by atoms with van der Waals surface area (Å²) in [7, 11) is 2.05. The minimum absolute atomic E-state index is 0.148. The summed E-state index contributed by atoms with van der Waals surface area (Å²) in [5.41, 5.74) is 9.98. The molecule has 1 heterocycles. The Hall–Kier alpha value is -0.460. The van der Waals surface area contributed by atoms with Gasteiger partial charge in [0.05, 0.1) is 16.2 Å². The van der Waals surface area contributed by atoms with Crippen molar-refractivity contribution in [1.82, 2.24) is 9.88 Å². The smallest absolute Gasteiger partial charge is 0.0795 e. The summed E-state index contributed by atoms with van der Waals surface area (Å²) < 4.78 is 0.896. The lowest BCUT2D eigenvalue weighted by Crippen LogP contribution is -2.30. The summed E-state index contributed by atoms with van der Waals surface area (Å²) in [6.45, 7) is 1.33. The van der Waals surface area contributed by atoms with E-state index in [0.717, 1.165) is 22.3 Å². The Labute approximate surface area is 130 Å². The van der Waals surface area contributed by atoms with E-state index in [4.69, 9.17) is 17.3 Å². The maximum Gasteiger partial charge on any atom is 0.0795 e. The maximum absolute atomic E-state index is 6.02. The molecule has 3 nitrogen and oxygen atoms in total. The molecule has 0 spiro atoms. The molecule has 0 radical (unpaired) electrons. The van der Waals surface area contributed by atoms with Gasteiger partial charge < -0.3 is 5.73 Å². The number of rotatable bonds is 5. The van der Waals surface area contributed by atoms with E-state index >= 15 is 0 Å². The van der Waals surface area contributed by atoms with E-state index in [2.05, 4.69) is 38.2 Å². The molecule has 6 heteroatoms. The molecule has 102 valence electrons. The maximum atomic E-state index is 6.02. The zero-order valence-electron chi connectivity index (χ0n) is 10.5. The summed E-state index contributed by atoms with van der Waals surface area (Å²) in [5, 5.41) is 2.77. The minimum Gasteiger partial charge on any atom is -0.329 e. The summed E-state index contributed by atoms with van der Waals surface area (Å²) in [6, 6.07) is 6.08. The molecule has 2 N–H and O–H groups in total. The van der Waals surface area contributed by atoms with Gasteiger partial charge in [-0.25, -0.2) is 4.98 Å². The molecule has 0 aliphatic rings. The average molecular weight is 361 g/mol. The molecule has 0 aliphatic carbocycles. The number of likely N-dealkylation sites (N-methyl/N-ethyl adjacent to an activating group) is 1. The Bertz CT molecular complexity index is 533. The second kappa shape index (κ2) is 6.81. The van der Waals surface area contributed by atoms with E-state index in [9.17, 15) is 0 Å². The number of hydrogen-bond acceptors (Lipinski definition) is 4. The first kappa shape index (κ1) is 14.9. The van der Waals surface area contributed by atoms with Gasteiger partial charge in [-0.2, -0.15) is 0 Å². The van der Waals surface area contributed by atoms with Crippen LogP contribution in [0.5, 0.6) is 0 Å². The fraction of sp³-hybridized carbons (Fsp3) is 0.308. The molecule has 0 fully saturated rings. The zero-order valence-corrected chi connectivity index (χ0v) is 13.7. The molecule has 1 aromatic carbocycles. The van der Waals surface area contributed by atoms with Crippen LogP contribution in [0.2, 0.25) is 5.02 Å². The number of nitrogens with zero attached hydrogens (tertiary/aromatic N) is 2. The number of nitrogens with two attached hydrogens (primary N) is 1. The Morgan fingerprint density at radius 1 is 1.53 bits per heavy atom. The van der Waals surface area contributed by atoms with Crippen LogP contribution in [-0.4, -0.2) is 23.5 Å². The predicted octanol–water partition coefficient (Wildman–Crippen LogP) is 3.69. The highest BCUT2D eigenvalue weighted by molar-refractivity contribution is 9.10. The van der Waals surface area contributed by atoms with E-state index in [0.29, 0.717) is 11.6 Å². The topological polar surface area (TPSA) is 42.2 Å². The third-order valence-corrected chi connectivity index (χ3v) is 4.83. The quantitative estimate of drug-likeness (QED) is 0.884. The van der Waals surface area contributed by atoms with Crippen molar-refractivity contribution in [1.29, 1.82) is 0 Å². The minimum atomic E-state index is 0.148. The van der Waals surface area contributed by atoms with Gasteiger partial charge in [-0.05, 0) is 40.7 Å². The molecule has 1 aromatic heterocycles. The number of thiazole rings is 1. The van der Waals surface area contributed by atoms with E-state index in [1.807, 2.05) is 23.7 Å². The van der Waals surface area contributed by atoms with Crippen LogP contribution in [0.4, 0.5) is 0 Å². The molecule has 2 rings (SSSR count). The van der Waals surface area contributed by atoms with Crippen molar-refractivity contribution in [2.24, 2.45) is 5.73 Å². The van der Waals surface area contributed by atoms with Crippen LogP contribution in [0.1, 0.15) is 17.3 Å². The number of halogens is 2. The SMILES string of the molecule is CN(Cc1cscn1)C(CN)c1ccc(Cl)c(Br)c1. The number of benzene rings is 1. The van der Waals surface area contributed by atoms with Crippen molar-refractivity contribution in [2.75, 3.05) is 13.6 Å². The van der Waals surface area contributed by atoms with Crippen LogP contribution in [0.25, 0.3) is 0 Å². The predicted molar refractivity (Wildman–Crippen MR) is 84.5 cm³/mol. The molecule has 0 saturated carbocycles. The molecule has 2 aromatic rings. The highest BCUT2D eigenvalue weighted by Gasteiger charge is 2.17. The Morgan fingerprint density at radius 2 is 2.32 bits per heavy atom. The fourth-order valence-corrected chi connectivity index (χ4v) is 3.04. The summed E-state index contributed by atoms with van der Waals surface area (Å²) in [5.74, 6) is 0. The van der Waals surface area contributed by atoms with Crippen molar-refractivity contribution in [3.05, 3.63) is 49.8 Å². The molecular weight excluding hydrogens is 346 g/mol. The fourth-order valence-electron chi connectivity index (χ4n) is 1.97. The Morgan fingerprint density at radius 3 is 2.89 bits per heavy atom. The largest absolute Gasteiger partial charge is 0.329 e. The van der Waals surface area contributed by atoms with Gasteiger partial charge in [-0.3, -0.25) is 4.90 Å². The van der Waals surface area contributed by atoms with Crippen LogP contribution in [-0.2, 0) is 6.54 Å². The monoisotopic (exact) mass is 359 g/mol. The third kappa shape index (κ3) is 3.77. The Balaban J connectivity index is 2.16. The van der Waals surface area contributed by atoms with E-state index in [1.54, 1.807) is 11.3 Å². The van der Waals surface area contributed by atoms with Crippen molar-refractivity contribution in [3.8, 4) is 0 Å². The standard InChI is InChI=1S/C13H15BrClN3S/c1-18(6-10-7-19-8-17-10)13(5-16)9-2-3-12(15)11(14)4-9/h2-4,7-8,13H,5-6,16H2,1H3. The lowest BCUT2D eigenvalue weighted by molar-refractivity contribution is 0.239. The third-order valence-electron chi connectivity index (χ3n) is 2.98. The van der Waals surface area contributed by atoms with Crippen LogP contribution in [0, 0.1) is 0 Å². The molecule has 0 bridgehead atoms. The van der Waals surface area contributed by atoms with Crippen LogP contribution in [0.3, 0.4) is 0 Å². The molecule has 0 aliphatic heterocycles. The second-order valence-corrected chi connectivity index (χ2v) is 6.30. The first-order chi connectivity index (χ1) is 9.11. The van der Waals surface area contributed by atoms with Crippen molar-refractivity contribution < 1.29 is 0 Å². The van der Waals surface area contributed by atoms with E-state index in [-0.39, 0.29) is 6.04 Å². The van der Waals surface area contributed by atoms with Crippen LogP contribution in [0.15, 0.2) is 33.6 Å². The van der Waals surface area contributed by atoms with Crippen LogP contribution >= 0.6 is 38.9 Å².